The van der Waals surface area contributed by atoms with Crippen molar-refractivity contribution in [3.05, 3.63) is 34.6 Å². The number of carbonyl (C=O) groups is 1. The summed E-state index contributed by atoms with van der Waals surface area (Å²) < 4.78 is 13.6. The number of hydrogen-bond acceptors (Lipinski definition) is 2. The lowest BCUT2D eigenvalue weighted by Gasteiger charge is -2.25. The van der Waals surface area contributed by atoms with E-state index in [2.05, 4.69) is 0 Å². The molecule has 1 fully saturated rings. The van der Waals surface area contributed by atoms with Gasteiger partial charge in [0.25, 0.3) is 0 Å². The maximum Gasteiger partial charge on any atom is 0.140 e. The summed E-state index contributed by atoms with van der Waals surface area (Å²) in [6.07, 6.45) is 3.60. The van der Waals surface area contributed by atoms with Crippen LogP contribution in [-0.2, 0) is 11.2 Å². The molecule has 2 atom stereocenters. The molecule has 0 saturated heterocycles. The Hall–Kier alpha value is -0.930. The van der Waals surface area contributed by atoms with Crippen LogP contribution >= 0.6 is 11.6 Å². The van der Waals surface area contributed by atoms with Gasteiger partial charge in [0.2, 0.25) is 0 Å². The molecule has 2 nitrogen and oxygen atoms in total. The van der Waals surface area contributed by atoms with E-state index in [0.29, 0.717) is 17.0 Å². The second-order valence-electron chi connectivity index (χ2n) is 4.97. The van der Waals surface area contributed by atoms with Gasteiger partial charge in [-0.1, -0.05) is 24.1 Å². The van der Waals surface area contributed by atoms with Crippen molar-refractivity contribution in [1.29, 1.82) is 0 Å². The Morgan fingerprint density at radius 2 is 2.22 bits per heavy atom. The minimum atomic E-state index is -0.407. The van der Waals surface area contributed by atoms with Crippen LogP contribution in [0, 0.1) is 11.7 Å². The molecule has 1 aromatic rings. The minimum absolute atomic E-state index is 0.0376. The van der Waals surface area contributed by atoms with Crippen LogP contribution in [0.15, 0.2) is 18.2 Å². The van der Waals surface area contributed by atoms with Crippen LogP contribution < -0.4 is 5.73 Å². The highest BCUT2D eigenvalue weighted by atomic mass is 35.5. The van der Waals surface area contributed by atoms with Gasteiger partial charge in [-0.3, -0.25) is 4.79 Å². The normalized spacial score (nSPS) is 23.9. The molecule has 0 amide bonds. The van der Waals surface area contributed by atoms with Gasteiger partial charge in [-0.15, -0.1) is 0 Å². The molecule has 2 N–H and O–H groups in total. The van der Waals surface area contributed by atoms with Crippen molar-refractivity contribution in [1.82, 2.24) is 0 Å². The number of Topliss-reactive ketones (excluding diaryl/α,β-unsaturated/α-hetero) is 1. The summed E-state index contributed by atoms with van der Waals surface area (Å²) in [5.41, 5.74) is 6.17. The van der Waals surface area contributed by atoms with Crippen molar-refractivity contribution >= 4 is 17.4 Å². The second-order valence-corrected chi connectivity index (χ2v) is 5.37. The number of hydrogen-bond donors (Lipinski definition) is 1. The molecule has 0 radical (unpaired) electrons. The van der Waals surface area contributed by atoms with E-state index < -0.39 is 5.82 Å². The van der Waals surface area contributed by atoms with Gasteiger partial charge in [0, 0.05) is 29.0 Å². The summed E-state index contributed by atoms with van der Waals surface area (Å²) in [4.78, 5) is 12.1. The Labute approximate surface area is 111 Å². The maximum absolute atomic E-state index is 13.6. The van der Waals surface area contributed by atoms with Crippen LogP contribution in [0.25, 0.3) is 0 Å². The molecule has 0 aromatic heterocycles. The Balaban J connectivity index is 2.07. The topological polar surface area (TPSA) is 43.1 Å². The van der Waals surface area contributed by atoms with E-state index in [4.69, 9.17) is 17.3 Å². The molecular weight excluding hydrogens is 253 g/mol. The van der Waals surface area contributed by atoms with E-state index in [9.17, 15) is 9.18 Å². The van der Waals surface area contributed by atoms with Gasteiger partial charge in [0.15, 0.2) is 0 Å². The highest BCUT2D eigenvalue weighted by Gasteiger charge is 2.26. The largest absolute Gasteiger partial charge is 0.328 e. The van der Waals surface area contributed by atoms with E-state index in [0.717, 1.165) is 19.3 Å². The molecule has 0 aliphatic heterocycles. The van der Waals surface area contributed by atoms with Crippen LogP contribution in [0.5, 0.6) is 0 Å². The Morgan fingerprint density at radius 3 is 2.89 bits per heavy atom. The molecular formula is C14H17ClFNO. The minimum Gasteiger partial charge on any atom is -0.328 e. The fraction of sp³-hybridized carbons (Fsp3) is 0.500. The third-order valence-corrected chi connectivity index (χ3v) is 3.94. The summed E-state index contributed by atoms with van der Waals surface area (Å²) in [5.74, 6) is -0.391. The van der Waals surface area contributed by atoms with Crippen molar-refractivity contribution in [2.24, 2.45) is 11.7 Å². The lowest BCUT2D eigenvalue weighted by Crippen LogP contribution is -2.32. The van der Waals surface area contributed by atoms with Crippen LogP contribution in [0.1, 0.15) is 31.2 Å². The number of carbonyl (C=O) groups excluding carboxylic acids is 1. The average Bonchev–Trinajstić information content (AvgIpc) is 2.34. The average molecular weight is 270 g/mol. The van der Waals surface area contributed by atoms with Crippen LogP contribution in [0.4, 0.5) is 4.39 Å². The van der Waals surface area contributed by atoms with Gasteiger partial charge < -0.3 is 5.73 Å². The van der Waals surface area contributed by atoms with E-state index in [1.54, 1.807) is 12.1 Å². The van der Waals surface area contributed by atoms with Gasteiger partial charge in [-0.2, -0.15) is 0 Å². The smallest absolute Gasteiger partial charge is 0.140 e. The standard InChI is InChI=1S/C14H17ClFNO/c15-12-5-2-6-13(16)11(12)8-14(18)9-3-1-4-10(17)7-9/h2,5-6,9-10H,1,3-4,7-8,17H2. The van der Waals surface area contributed by atoms with Gasteiger partial charge >= 0.3 is 0 Å². The summed E-state index contributed by atoms with van der Waals surface area (Å²) in [7, 11) is 0. The molecule has 2 unspecified atom stereocenters. The third-order valence-electron chi connectivity index (χ3n) is 3.58. The summed E-state index contributed by atoms with van der Waals surface area (Å²) in [5, 5.41) is 0.323. The first-order valence-electron chi connectivity index (χ1n) is 6.29. The summed E-state index contributed by atoms with van der Waals surface area (Å²) in [6, 6.07) is 4.59. The Bertz CT molecular complexity index is 429. The number of ketones is 1. The summed E-state index contributed by atoms with van der Waals surface area (Å²) in [6.45, 7) is 0. The molecule has 2 rings (SSSR count). The Morgan fingerprint density at radius 1 is 1.44 bits per heavy atom. The fourth-order valence-corrected chi connectivity index (χ4v) is 2.77. The van der Waals surface area contributed by atoms with Gasteiger partial charge in [0.1, 0.15) is 11.6 Å². The second kappa shape index (κ2) is 5.81. The predicted octanol–water partition coefficient (Wildman–Crippen LogP) is 3.11. The van der Waals surface area contributed by atoms with Crippen molar-refractivity contribution in [2.45, 2.75) is 38.1 Å². The van der Waals surface area contributed by atoms with E-state index in [1.165, 1.54) is 6.07 Å². The summed E-state index contributed by atoms with van der Waals surface area (Å²) >= 11 is 5.92. The SMILES string of the molecule is NC1CCCC(C(=O)Cc2c(F)cccc2Cl)C1. The fourth-order valence-electron chi connectivity index (χ4n) is 2.54. The molecule has 1 aliphatic carbocycles. The van der Waals surface area contributed by atoms with Crippen LogP contribution in [0.2, 0.25) is 5.02 Å². The van der Waals surface area contributed by atoms with Crippen LogP contribution in [-0.4, -0.2) is 11.8 Å². The third kappa shape index (κ3) is 3.09. The molecule has 0 heterocycles. The number of nitrogens with two attached hydrogens (primary N) is 1. The first-order chi connectivity index (χ1) is 8.58. The number of benzene rings is 1. The number of halogens is 2. The van der Waals surface area contributed by atoms with Crippen molar-refractivity contribution in [2.75, 3.05) is 0 Å². The molecule has 4 heteroatoms. The van der Waals surface area contributed by atoms with Gasteiger partial charge in [0.05, 0.1) is 0 Å². The lowest BCUT2D eigenvalue weighted by atomic mass is 9.82. The Kier molecular flexibility index (Phi) is 4.36. The molecule has 18 heavy (non-hydrogen) atoms. The molecule has 1 aromatic carbocycles. The highest BCUT2D eigenvalue weighted by Crippen LogP contribution is 2.27. The van der Waals surface area contributed by atoms with E-state index >= 15 is 0 Å². The monoisotopic (exact) mass is 269 g/mol. The van der Waals surface area contributed by atoms with E-state index in [-0.39, 0.29) is 24.2 Å². The van der Waals surface area contributed by atoms with Crippen molar-refractivity contribution in [3.63, 3.8) is 0 Å². The van der Waals surface area contributed by atoms with Crippen LogP contribution in [0.3, 0.4) is 0 Å². The van der Waals surface area contributed by atoms with E-state index in [1.807, 2.05) is 0 Å². The highest BCUT2D eigenvalue weighted by molar-refractivity contribution is 6.31. The molecule has 1 aliphatic rings. The number of rotatable bonds is 3. The predicted molar refractivity (Wildman–Crippen MR) is 70.1 cm³/mol. The maximum atomic E-state index is 13.6. The van der Waals surface area contributed by atoms with Crippen molar-refractivity contribution < 1.29 is 9.18 Å². The first kappa shape index (κ1) is 13.5. The zero-order chi connectivity index (χ0) is 13.1. The molecule has 1 saturated carbocycles. The zero-order valence-electron chi connectivity index (χ0n) is 10.2. The molecule has 0 bridgehead atoms. The molecule has 98 valence electrons. The van der Waals surface area contributed by atoms with Crippen molar-refractivity contribution in [3.8, 4) is 0 Å². The quantitative estimate of drug-likeness (QED) is 0.916. The van der Waals surface area contributed by atoms with Gasteiger partial charge in [-0.05, 0) is 31.4 Å². The molecule has 0 spiro atoms. The first-order valence-corrected chi connectivity index (χ1v) is 6.67. The lowest BCUT2D eigenvalue weighted by molar-refractivity contribution is -0.123. The zero-order valence-corrected chi connectivity index (χ0v) is 10.9. The van der Waals surface area contributed by atoms with Gasteiger partial charge in [-0.25, -0.2) is 4.39 Å².